The summed E-state index contributed by atoms with van der Waals surface area (Å²) in [5, 5.41) is 15.6. The van der Waals surface area contributed by atoms with Gasteiger partial charge in [0.15, 0.2) is 6.61 Å². The van der Waals surface area contributed by atoms with Crippen LogP contribution in [0.1, 0.15) is 38.8 Å². The Morgan fingerprint density at radius 2 is 1.74 bits per heavy atom. The number of amides is 1. The van der Waals surface area contributed by atoms with Crippen molar-refractivity contribution in [1.82, 2.24) is 0 Å². The molecule has 2 aromatic carbocycles. The Hall–Kier alpha value is -4.05. The lowest BCUT2D eigenvalue weighted by Crippen LogP contribution is -2.21. The van der Waals surface area contributed by atoms with E-state index in [1.165, 1.54) is 25.1 Å². The molecule has 0 aliphatic heterocycles. The Labute approximate surface area is 199 Å². The second-order valence-electron chi connectivity index (χ2n) is 7.32. The van der Waals surface area contributed by atoms with Crippen LogP contribution in [0.15, 0.2) is 47.8 Å². The Bertz CT molecular complexity index is 1250. The number of thiophene rings is 1. The van der Waals surface area contributed by atoms with Crippen LogP contribution in [0.25, 0.3) is 11.1 Å². The molecule has 3 aromatic rings. The number of hydrogen-bond acceptors (Lipinski definition) is 8. The van der Waals surface area contributed by atoms with E-state index in [-0.39, 0.29) is 28.4 Å². The quantitative estimate of drug-likeness (QED) is 0.275. The third kappa shape index (κ3) is 5.65. The van der Waals surface area contributed by atoms with Crippen LogP contribution < -0.4 is 5.32 Å². The van der Waals surface area contributed by atoms with E-state index < -0.39 is 29.4 Å². The van der Waals surface area contributed by atoms with Crippen molar-refractivity contribution in [3.8, 4) is 11.1 Å². The van der Waals surface area contributed by atoms with E-state index >= 15 is 0 Å². The summed E-state index contributed by atoms with van der Waals surface area (Å²) in [6.45, 7) is 4.71. The van der Waals surface area contributed by atoms with Crippen molar-refractivity contribution in [3.63, 3.8) is 0 Å². The Morgan fingerprint density at radius 3 is 2.35 bits per heavy atom. The molecule has 9 nitrogen and oxygen atoms in total. The first kappa shape index (κ1) is 24.6. The number of aryl methyl sites for hydroxylation is 2. The largest absolute Gasteiger partial charge is 0.462 e. The van der Waals surface area contributed by atoms with E-state index in [1.54, 1.807) is 12.3 Å². The van der Waals surface area contributed by atoms with E-state index in [9.17, 15) is 24.5 Å². The highest BCUT2D eigenvalue weighted by molar-refractivity contribution is 7.15. The van der Waals surface area contributed by atoms with Gasteiger partial charge in [-0.1, -0.05) is 29.8 Å². The van der Waals surface area contributed by atoms with Gasteiger partial charge in [-0.2, -0.15) is 0 Å². The van der Waals surface area contributed by atoms with Gasteiger partial charge in [-0.15, -0.1) is 11.3 Å². The molecule has 1 N–H and O–H groups in total. The number of nitro benzene ring substituents is 1. The lowest BCUT2D eigenvalue weighted by atomic mass is 10.0. The average molecular weight is 483 g/mol. The van der Waals surface area contributed by atoms with E-state index in [4.69, 9.17) is 9.47 Å². The highest BCUT2D eigenvalue weighted by Crippen LogP contribution is 2.36. The molecule has 176 valence electrons. The first-order valence-corrected chi connectivity index (χ1v) is 11.2. The van der Waals surface area contributed by atoms with E-state index in [0.29, 0.717) is 11.1 Å². The van der Waals surface area contributed by atoms with Crippen LogP contribution in [0.4, 0.5) is 10.7 Å². The number of nitro groups is 1. The van der Waals surface area contributed by atoms with Crippen molar-refractivity contribution in [3.05, 3.63) is 80.2 Å². The fourth-order valence-corrected chi connectivity index (χ4v) is 4.14. The van der Waals surface area contributed by atoms with Gasteiger partial charge in [0.2, 0.25) is 0 Å². The van der Waals surface area contributed by atoms with Crippen molar-refractivity contribution < 1.29 is 28.8 Å². The fourth-order valence-electron chi connectivity index (χ4n) is 3.17. The Morgan fingerprint density at radius 1 is 1.03 bits per heavy atom. The van der Waals surface area contributed by atoms with Gasteiger partial charge in [0.25, 0.3) is 11.6 Å². The summed E-state index contributed by atoms with van der Waals surface area (Å²) < 4.78 is 10.2. The molecule has 0 atom stereocenters. The number of rotatable bonds is 8. The molecule has 1 amide bonds. The third-order valence-corrected chi connectivity index (χ3v) is 5.75. The third-order valence-electron chi connectivity index (χ3n) is 4.85. The van der Waals surface area contributed by atoms with Gasteiger partial charge >= 0.3 is 11.9 Å². The van der Waals surface area contributed by atoms with Crippen LogP contribution in [0.3, 0.4) is 0 Å². The molecule has 0 saturated carbocycles. The van der Waals surface area contributed by atoms with Crippen LogP contribution in [-0.2, 0) is 14.3 Å². The second-order valence-corrected chi connectivity index (χ2v) is 8.20. The maximum Gasteiger partial charge on any atom is 0.341 e. The number of nitrogens with one attached hydrogen (secondary N) is 1. The molecule has 34 heavy (non-hydrogen) atoms. The number of hydrogen-bond donors (Lipinski definition) is 1. The van der Waals surface area contributed by atoms with Crippen LogP contribution >= 0.6 is 11.3 Å². The molecule has 3 rings (SSSR count). The minimum absolute atomic E-state index is 0.0842. The standard InChI is InChI=1S/C24H22N2O7S/c1-4-32-24(29)21-18(16-7-5-14(2)6-8-16)13-34-22(21)25-20(27)12-33-23(28)17-9-10-19(26(30)31)15(3)11-17/h5-11,13H,4,12H2,1-3H3,(H,25,27). The minimum Gasteiger partial charge on any atom is -0.462 e. The summed E-state index contributed by atoms with van der Waals surface area (Å²) in [4.78, 5) is 47.7. The van der Waals surface area contributed by atoms with Crippen LogP contribution in [0, 0.1) is 24.0 Å². The number of anilines is 1. The predicted octanol–water partition coefficient (Wildman–Crippen LogP) is 4.91. The van der Waals surface area contributed by atoms with Crippen molar-refractivity contribution in [2.45, 2.75) is 20.8 Å². The number of benzene rings is 2. The zero-order valence-corrected chi connectivity index (χ0v) is 19.6. The van der Waals surface area contributed by atoms with Gasteiger partial charge in [0.1, 0.15) is 10.6 Å². The topological polar surface area (TPSA) is 125 Å². The average Bonchev–Trinajstić information content (AvgIpc) is 3.21. The van der Waals surface area contributed by atoms with E-state index in [1.807, 2.05) is 31.2 Å². The smallest absolute Gasteiger partial charge is 0.341 e. The van der Waals surface area contributed by atoms with Gasteiger partial charge in [-0.3, -0.25) is 14.9 Å². The summed E-state index contributed by atoms with van der Waals surface area (Å²) >= 11 is 1.16. The summed E-state index contributed by atoms with van der Waals surface area (Å²) in [7, 11) is 0. The van der Waals surface area contributed by atoms with Crippen molar-refractivity contribution >= 4 is 39.9 Å². The van der Waals surface area contributed by atoms with E-state index in [2.05, 4.69) is 5.32 Å². The molecule has 0 bridgehead atoms. The summed E-state index contributed by atoms with van der Waals surface area (Å²) in [6, 6.07) is 11.4. The van der Waals surface area contributed by atoms with Crippen molar-refractivity contribution in [2.24, 2.45) is 0 Å². The summed E-state index contributed by atoms with van der Waals surface area (Å²) in [5.41, 5.74) is 2.97. The Kier molecular flexibility index (Phi) is 7.75. The van der Waals surface area contributed by atoms with Gasteiger partial charge in [-0.05, 0) is 38.5 Å². The maximum absolute atomic E-state index is 12.6. The molecule has 1 aromatic heterocycles. The van der Waals surface area contributed by atoms with Gasteiger partial charge in [-0.25, -0.2) is 9.59 Å². The monoisotopic (exact) mass is 482 g/mol. The molecular formula is C24H22N2O7S. The molecule has 0 fully saturated rings. The molecule has 0 unspecified atom stereocenters. The summed E-state index contributed by atoms with van der Waals surface area (Å²) in [5.74, 6) is -2.02. The molecule has 10 heteroatoms. The molecule has 0 aliphatic rings. The number of carbonyl (C=O) groups is 3. The highest BCUT2D eigenvalue weighted by Gasteiger charge is 2.23. The zero-order valence-electron chi connectivity index (χ0n) is 18.7. The molecule has 0 radical (unpaired) electrons. The molecule has 1 heterocycles. The molecule has 0 aliphatic carbocycles. The van der Waals surface area contributed by atoms with Crippen molar-refractivity contribution in [1.29, 1.82) is 0 Å². The normalized spacial score (nSPS) is 10.4. The SMILES string of the molecule is CCOC(=O)c1c(-c2ccc(C)cc2)csc1NC(=O)COC(=O)c1ccc([N+](=O)[O-])c(C)c1. The minimum atomic E-state index is -0.801. The number of nitrogens with zero attached hydrogens (tertiary/aromatic N) is 1. The first-order chi connectivity index (χ1) is 16.2. The number of ether oxygens (including phenoxy) is 2. The predicted molar refractivity (Wildman–Crippen MR) is 127 cm³/mol. The molecule has 0 saturated heterocycles. The van der Waals surface area contributed by atoms with Crippen LogP contribution in [-0.4, -0.2) is 36.0 Å². The van der Waals surface area contributed by atoms with E-state index in [0.717, 1.165) is 22.5 Å². The van der Waals surface area contributed by atoms with Gasteiger partial charge in [0, 0.05) is 22.6 Å². The second kappa shape index (κ2) is 10.7. The van der Waals surface area contributed by atoms with Crippen LogP contribution in [0.5, 0.6) is 0 Å². The van der Waals surface area contributed by atoms with Gasteiger partial charge in [0.05, 0.1) is 17.1 Å². The van der Waals surface area contributed by atoms with Gasteiger partial charge < -0.3 is 14.8 Å². The fraction of sp³-hybridized carbons (Fsp3) is 0.208. The lowest BCUT2D eigenvalue weighted by molar-refractivity contribution is -0.385. The zero-order chi connectivity index (χ0) is 24.8. The Balaban J connectivity index is 1.73. The van der Waals surface area contributed by atoms with Crippen LogP contribution in [0.2, 0.25) is 0 Å². The number of esters is 2. The first-order valence-electron chi connectivity index (χ1n) is 10.3. The maximum atomic E-state index is 12.6. The molecular weight excluding hydrogens is 460 g/mol. The lowest BCUT2D eigenvalue weighted by Gasteiger charge is -2.09. The number of carbonyl (C=O) groups excluding carboxylic acids is 3. The summed E-state index contributed by atoms with van der Waals surface area (Å²) in [6.07, 6.45) is 0. The van der Waals surface area contributed by atoms with Crippen molar-refractivity contribution in [2.75, 3.05) is 18.5 Å². The highest BCUT2D eigenvalue weighted by atomic mass is 32.1. The molecule has 0 spiro atoms.